The van der Waals surface area contributed by atoms with Crippen LogP contribution in [0.3, 0.4) is 0 Å². The molecule has 1 aliphatic rings. The highest BCUT2D eigenvalue weighted by Crippen LogP contribution is 2.28. The van der Waals surface area contributed by atoms with Gasteiger partial charge in [0, 0.05) is 4.88 Å². The molecule has 1 aromatic heterocycles. The monoisotopic (exact) mass is 250 g/mol. The molecular formula is C12H14N2O2S. The highest BCUT2D eigenvalue weighted by molar-refractivity contribution is 7.10. The smallest absolute Gasteiger partial charge is 0.325 e. The second-order valence-corrected chi connectivity index (χ2v) is 4.96. The third-order valence-electron chi connectivity index (χ3n) is 2.70. The van der Waals surface area contributed by atoms with Crippen molar-refractivity contribution in [3.63, 3.8) is 0 Å². The molecule has 0 aromatic carbocycles. The summed E-state index contributed by atoms with van der Waals surface area (Å²) in [6.45, 7) is 3.79. The molecule has 0 aliphatic carbocycles. The summed E-state index contributed by atoms with van der Waals surface area (Å²) in [4.78, 5) is 26.1. The zero-order chi connectivity index (χ0) is 12.4. The van der Waals surface area contributed by atoms with E-state index in [0.717, 1.165) is 4.88 Å². The maximum atomic E-state index is 12.1. The minimum atomic E-state index is -0.432. The first kappa shape index (κ1) is 11.9. The number of allylic oxidation sites excluding steroid dienone is 1. The first-order valence-electron chi connectivity index (χ1n) is 5.45. The molecule has 1 N–H and O–H groups in total. The van der Waals surface area contributed by atoms with Crippen LogP contribution < -0.4 is 10.2 Å². The van der Waals surface area contributed by atoms with Gasteiger partial charge in [0.1, 0.15) is 6.04 Å². The van der Waals surface area contributed by atoms with Crippen molar-refractivity contribution in [1.29, 1.82) is 0 Å². The van der Waals surface area contributed by atoms with Crippen LogP contribution in [0.1, 0.15) is 18.2 Å². The van der Waals surface area contributed by atoms with Crippen molar-refractivity contribution in [2.45, 2.75) is 26.3 Å². The van der Waals surface area contributed by atoms with Gasteiger partial charge in [-0.25, -0.2) is 9.69 Å². The number of aryl methyl sites for hydroxylation is 1. The first-order valence-corrected chi connectivity index (χ1v) is 6.33. The molecule has 2 rings (SSSR count). The minimum absolute atomic E-state index is 0.172. The Morgan fingerprint density at radius 1 is 1.53 bits per heavy atom. The Morgan fingerprint density at radius 3 is 2.88 bits per heavy atom. The number of carbonyl (C=O) groups excluding carboxylic acids is 2. The quantitative estimate of drug-likeness (QED) is 0.661. The van der Waals surface area contributed by atoms with Crippen LogP contribution in [0.25, 0.3) is 0 Å². The Balaban J connectivity index is 2.23. The van der Waals surface area contributed by atoms with Crippen molar-refractivity contribution in [2.75, 3.05) is 4.90 Å². The second kappa shape index (κ2) is 4.71. The van der Waals surface area contributed by atoms with Crippen molar-refractivity contribution in [1.82, 2.24) is 5.32 Å². The van der Waals surface area contributed by atoms with E-state index in [1.165, 1.54) is 16.2 Å². The highest BCUT2D eigenvalue weighted by Gasteiger charge is 2.38. The summed E-state index contributed by atoms with van der Waals surface area (Å²) in [7, 11) is 0. The third-order valence-corrected chi connectivity index (χ3v) is 3.53. The Morgan fingerprint density at radius 2 is 2.29 bits per heavy atom. The fraction of sp³-hybridized carbons (Fsp3) is 0.333. The molecule has 1 atom stereocenters. The van der Waals surface area contributed by atoms with Gasteiger partial charge in [-0.1, -0.05) is 12.2 Å². The zero-order valence-corrected chi connectivity index (χ0v) is 10.6. The Labute approximate surface area is 104 Å². The molecule has 1 unspecified atom stereocenters. The SMILES string of the molecule is C/C=C/CC1NC(=O)N(c2ccsc2C)C1=O. The van der Waals surface area contributed by atoms with Gasteiger partial charge in [0.2, 0.25) is 0 Å². The number of nitrogens with zero attached hydrogens (tertiary/aromatic N) is 1. The van der Waals surface area contributed by atoms with Crippen molar-refractivity contribution in [3.8, 4) is 0 Å². The lowest BCUT2D eigenvalue weighted by Gasteiger charge is -2.11. The normalized spacial score (nSPS) is 20.4. The van der Waals surface area contributed by atoms with Crippen LogP contribution in [0.4, 0.5) is 10.5 Å². The Kier molecular flexibility index (Phi) is 3.28. The fourth-order valence-electron chi connectivity index (χ4n) is 1.80. The third kappa shape index (κ3) is 2.10. The molecule has 90 valence electrons. The van der Waals surface area contributed by atoms with Crippen LogP contribution in [0, 0.1) is 6.92 Å². The van der Waals surface area contributed by atoms with E-state index in [9.17, 15) is 9.59 Å². The minimum Gasteiger partial charge on any atom is -0.325 e. The van der Waals surface area contributed by atoms with Gasteiger partial charge in [-0.05, 0) is 31.7 Å². The summed E-state index contributed by atoms with van der Waals surface area (Å²) in [5.74, 6) is -0.172. The van der Waals surface area contributed by atoms with Gasteiger partial charge in [-0.15, -0.1) is 11.3 Å². The van der Waals surface area contributed by atoms with Crippen molar-refractivity contribution >= 4 is 29.0 Å². The molecular weight excluding hydrogens is 236 g/mol. The molecule has 1 aliphatic heterocycles. The van der Waals surface area contributed by atoms with Crippen molar-refractivity contribution < 1.29 is 9.59 Å². The number of hydrogen-bond acceptors (Lipinski definition) is 3. The van der Waals surface area contributed by atoms with E-state index >= 15 is 0 Å². The number of carbonyl (C=O) groups is 2. The molecule has 17 heavy (non-hydrogen) atoms. The molecule has 1 fully saturated rings. The van der Waals surface area contributed by atoms with E-state index in [2.05, 4.69) is 5.32 Å². The number of hydrogen-bond donors (Lipinski definition) is 1. The van der Waals surface area contributed by atoms with E-state index in [-0.39, 0.29) is 11.9 Å². The molecule has 5 heteroatoms. The lowest BCUT2D eigenvalue weighted by molar-refractivity contribution is -0.118. The number of nitrogens with one attached hydrogen (secondary N) is 1. The lowest BCUT2D eigenvalue weighted by atomic mass is 10.2. The van der Waals surface area contributed by atoms with Crippen LogP contribution in [0.15, 0.2) is 23.6 Å². The van der Waals surface area contributed by atoms with Crippen LogP contribution in [-0.2, 0) is 4.79 Å². The van der Waals surface area contributed by atoms with E-state index in [1.54, 1.807) is 6.07 Å². The van der Waals surface area contributed by atoms with Gasteiger partial charge in [0.05, 0.1) is 5.69 Å². The standard InChI is InChI=1S/C12H14N2O2S/c1-3-4-5-9-11(15)14(12(16)13-9)10-6-7-17-8(10)2/h3-4,6-7,9H,5H2,1-2H3,(H,13,16)/b4-3+. The molecule has 0 bridgehead atoms. The van der Waals surface area contributed by atoms with E-state index in [1.807, 2.05) is 31.4 Å². The zero-order valence-electron chi connectivity index (χ0n) is 9.77. The number of rotatable bonds is 3. The van der Waals surface area contributed by atoms with Crippen LogP contribution >= 0.6 is 11.3 Å². The number of amides is 3. The summed E-state index contributed by atoms with van der Waals surface area (Å²) in [5, 5.41) is 4.57. The molecule has 0 spiro atoms. The maximum Gasteiger partial charge on any atom is 0.329 e. The topological polar surface area (TPSA) is 49.4 Å². The number of urea groups is 1. The predicted octanol–water partition coefficient (Wildman–Crippen LogP) is 2.45. The average molecular weight is 250 g/mol. The van der Waals surface area contributed by atoms with Crippen LogP contribution in [0.2, 0.25) is 0 Å². The fourth-order valence-corrected chi connectivity index (χ4v) is 2.48. The summed E-state index contributed by atoms with van der Waals surface area (Å²) in [6.07, 6.45) is 4.30. The summed E-state index contributed by atoms with van der Waals surface area (Å²) >= 11 is 1.53. The van der Waals surface area contributed by atoms with Crippen LogP contribution in [0.5, 0.6) is 0 Å². The first-order chi connectivity index (χ1) is 8.15. The summed E-state index contributed by atoms with van der Waals surface area (Å²) in [6, 6.07) is 1.04. The molecule has 0 saturated carbocycles. The molecule has 2 heterocycles. The van der Waals surface area contributed by atoms with Crippen LogP contribution in [-0.4, -0.2) is 18.0 Å². The maximum absolute atomic E-state index is 12.1. The van der Waals surface area contributed by atoms with Gasteiger partial charge < -0.3 is 5.32 Å². The molecule has 0 radical (unpaired) electrons. The van der Waals surface area contributed by atoms with Gasteiger partial charge in [0.15, 0.2) is 0 Å². The number of thiophene rings is 1. The van der Waals surface area contributed by atoms with Gasteiger partial charge in [0.25, 0.3) is 5.91 Å². The lowest BCUT2D eigenvalue weighted by Crippen LogP contribution is -2.31. The van der Waals surface area contributed by atoms with E-state index < -0.39 is 6.04 Å². The summed E-state index contributed by atoms with van der Waals surface area (Å²) in [5.41, 5.74) is 0.695. The molecule has 4 nitrogen and oxygen atoms in total. The highest BCUT2D eigenvalue weighted by atomic mass is 32.1. The van der Waals surface area contributed by atoms with Crippen molar-refractivity contribution in [3.05, 3.63) is 28.5 Å². The van der Waals surface area contributed by atoms with Gasteiger partial charge in [-0.2, -0.15) is 0 Å². The molecule has 1 aromatic rings. The van der Waals surface area contributed by atoms with E-state index in [0.29, 0.717) is 12.1 Å². The summed E-state index contributed by atoms with van der Waals surface area (Å²) < 4.78 is 0. The predicted molar refractivity (Wildman–Crippen MR) is 68.3 cm³/mol. The van der Waals surface area contributed by atoms with E-state index in [4.69, 9.17) is 0 Å². The van der Waals surface area contributed by atoms with Gasteiger partial charge >= 0.3 is 6.03 Å². The Bertz CT molecular complexity index is 479. The largest absolute Gasteiger partial charge is 0.329 e. The average Bonchev–Trinajstić information content (AvgIpc) is 2.81. The molecule has 1 saturated heterocycles. The number of anilines is 1. The number of imide groups is 1. The molecule has 3 amide bonds. The van der Waals surface area contributed by atoms with Gasteiger partial charge in [-0.3, -0.25) is 4.79 Å². The Hall–Kier alpha value is -1.62. The van der Waals surface area contributed by atoms with Crippen molar-refractivity contribution in [2.24, 2.45) is 0 Å². The second-order valence-electron chi connectivity index (χ2n) is 3.84.